The van der Waals surface area contributed by atoms with Crippen LogP contribution in [0.15, 0.2) is 33.9 Å². The second-order valence-corrected chi connectivity index (χ2v) is 6.65. The summed E-state index contributed by atoms with van der Waals surface area (Å²) in [5, 5.41) is -0.124. The number of para-hydroxylation sites is 1. The van der Waals surface area contributed by atoms with Crippen LogP contribution in [0, 0.1) is 0 Å². The normalized spacial score (nSPS) is 11.4. The molecule has 5 nitrogen and oxygen atoms in total. The molecule has 0 radical (unpaired) electrons. The van der Waals surface area contributed by atoms with Crippen molar-refractivity contribution < 1.29 is 0 Å². The molecule has 0 unspecified atom stereocenters. The molecule has 0 atom stereocenters. The molecule has 0 aliphatic heterocycles. The van der Waals surface area contributed by atoms with Crippen molar-refractivity contribution in [2.45, 2.75) is 19.8 Å². The van der Waals surface area contributed by atoms with Crippen LogP contribution in [-0.4, -0.2) is 14.5 Å². The lowest BCUT2D eigenvalue weighted by Crippen LogP contribution is -2.30. The first-order valence-electron chi connectivity index (χ1n) is 7.11. The van der Waals surface area contributed by atoms with Gasteiger partial charge in [0.25, 0.3) is 5.56 Å². The number of nitrogens with zero attached hydrogens (tertiary/aromatic N) is 2. The van der Waals surface area contributed by atoms with Crippen LogP contribution in [0.25, 0.3) is 16.7 Å². The summed E-state index contributed by atoms with van der Waals surface area (Å²) >= 11 is 18.1. The molecule has 124 valence electrons. The highest BCUT2D eigenvalue weighted by atomic mass is 35.5. The van der Waals surface area contributed by atoms with E-state index >= 15 is 0 Å². The van der Waals surface area contributed by atoms with Gasteiger partial charge in [0.2, 0.25) is 0 Å². The summed E-state index contributed by atoms with van der Waals surface area (Å²) in [4.78, 5) is 31.1. The third-order valence-corrected chi connectivity index (χ3v) is 4.90. The number of aromatic amines is 1. The largest absolute Gasteiger partial charge is 0.334 e. The molecule has 3 aromatic rings. The average Bonchev–Trinajstić information content (AvgIpc) is 2.52. The van der Waals surface area contributed by atoms with Gasteiger partial charge in [-0.15, -0.1) is 0 Å². The van der Waals surface area contributed by atoms with E-state index in [9.17, 15) is 9.59 Å². The minimum Gasteiger partial charge on any atom is -0.273 e. The minimum absolute atomic E-state index is 0.0178. The molecule has 0 fully saturated rings. The van der Waals surface area contributed by atoms with Gasteiger partial charge in [-0.25, -0.2) is 14.3 Å². The number of rotatable bonds is 2. The maximum Gasteiger partial charge on any atom is 0.334 e. The number of hydrogen-bond acceptors (Lipinski definition) is 3. The van der Waals surface area contributed by atoms with Crippen molar-refractivity contribution in [2.24, 2.45) is 0 Å². The molecule has 2 heterocycles. The Morgan fingerprint density at radius 3 is 2.42 bits per heavy atom. The van der Waals surface area contributed by atoms with E-state index in [2.05, 4.69) is 9.97 Å². The van der Waals surface area contributed by atoms with E-state index in [1.165, 1.54) is 4.57 Å². The number of hydrogen-bond donors (Lipinski definition) is 1. The topological polar surface area (TPSA) is 67.8 Å². The average molecular weight is 385 g/mol. The Bertz CT molecular complexity index is 1070. The van der Waals surface area contributed by atoms with Crippen molar-refractivity contribution in [3.05, 3.63) is 65.9 Å². The molecule has 1 aromatic carbocycles. The van der Waals surface area contributed by atoms with Crippen LogP contribution < -0.4 is 11.2 Å². The summed E-state index contributed by atoms with van der Waals surface area (Å²) in [6.45, 7) is 4.00. The monoisotopic (exact) mass is 383 g/mol. The number of fused-ring (bicyclic) bond motifs is 1. The molecule has 0 aliphatic rings. The van der Waals surface area contributed by atoms with Crippen molar-refractivity contribution in [1.82, 2.24) is 14.5 Å². The standard InChI is InChI=1S/C16H12Cl3N3O2/c1-7(2)8-5-3-4-6-9(8)22-14-10(15(23)21-16(22)24)11(17)12(18)13(19)20-14/h3-7H,1-2H3,(H,21,23,24). The first-order valence-corrected chi connectivity index (χ1v) is 8.25. The first kappa shape index (κ1) is 17.0. The molecule has 0 bridgehead atoms. The van der Waals surface area contributed by atoms with Crippen LogP contribution in [0.3, 0.4) is 0 Å². The van der Waals surface area contributed by atoms with E-state index in [4.69, 9.17) is 34.8 Å². The summed E-state index contributed by atoms with van der Waals surface area (Å²) in [6, 6.07) is 7.35. The Hall–Kier alpha value is -1.82. The summed E-state index contributed by atoms with van der Waals surface area (Å²) < 4.78 is 1.29. The lowest BCUT2D eigenvalue weighted by atomic mass is 10.0. The van der Waals surface area contributed by atoms with Crippen LogP contribution >= 0.6 is 34.8 Å². The number of H-pyrrole nitrogens is 1. The van der Waals surface area contributed by atoms with E-state index in [1.54, 1.807) is 12.1 Å². The van der Waals surface area contributed by atoms with E-state index in [0.29, 0.717) is 5.69 Å². The maximum absolute atomic E-state index is 12.5. The number of halogens is 3. The molecule has 0 amide bonds. The molecular formula is C16H12Cl3N3O2. The molecular weight excluding hydrogens is 373 g/mol. The number of nitrogens with one attached hydrogen (secondary N) is 1. The zero-order valence-corrected chi connectivity index (χ0v) is 15.0. The van der Waals surface area contributed by atoms with Gasteiger partial charge >= 0.3 is 5.69 Å². The molecule has 0 saturated heterocycles. The predicted octanol–water partition coefficient (Wildman–Crippen LogP) is 4.16. The maximum atomic E-state index is 12.5. The van der Waals surface area contributed by atoms with Gasteiger partial charge in [-0.05, 0) is 17.5 Å². The van der Waals surface area contributed by atoms with Gasteiger partial charge in [0.05, 0.1) is 15.7 Å². The number of benzene rings is 1. The highest BCUT2D eigenvalue weighted by Gasteiger charge is 2.20. The van der Waals surface area contributed by atoms with Gasteiger partial charge in [0.15, 0.2) is 10.8 Å². The number of aromatic nitrogens is 3. The van der Waals surface area contributed by atoms with Crippen molar-refractivity contribution in [2.75, 3.05) is 0 Å². The highest BCUT2D eigenvalue weighted by molar-refractivity contribution is 6.49. The van der Waals surface area contributed by atoms with Gasteiger partial charge in [-0.1, -0.05) is 66.8 Å². The van der Waals surface area contributed by atoms with Gasteiger partial charge in [-0.2, -0.15) is 0 Å². The van der Waals surface area contributed by atoms with E-state index in [0.717, 1.165) is 5.56 Å². The smallest absolute Gasteiger partial charge is 0.273 e. The summed E-state index contributed by atoms with van der Waals surface area (Å²) in [5.74, 6) is 0.147. The zero-order chi connectivity index (χ0) is 17.6. The van der Waals surface area contributed by atoms with Crippen molar-refractivity contribution in [3.8, 4) is 5.69 Å². The molecule has 3 rings (SSSR count). The SMILES string of the molecule is CC(C)c1ccccc1-n1c(=O)[nH]c(=O)c2c(Cl)c(Cl)c(Cl)nc21. The lowest BCUT2D eigenvalue weighted by Gasteiger charge is -2.16. The van der Waals surface area contributed by atoms with Crippen LogP contribution in [-0.2, 0) is 0 Å². The van der Waals surface area contributed by atoms with Crippen LogP contribution in [0.1, 0.15) is 25.3 Å². The third-order valence-electron chi connectivity index (χ3n) is 3.68. The van der Waals surface area contributed by atoms with Crippen molar-refractivity contribution in [3.63, 3.8) is 0 Å². The van der Waals surface area contributed by atoms with Crippen molar-refractivity contribution >= 4 is 45.8 Å². The van der Waals surface area contributed by atoms with Gasteiger partial charge in [0, 0.05) is 0 Å². The Morgan fingerprint density at radius 2 is 1.75 bits per heavy atom. The van der Waals surface area contributed by atoms with Crippen LogP contribution in [0.4, 0.5) is 0 Å². The minimum atomic E-state index is -0.663. The van der Waals surface area contributed by atoms with Crippen LogP contribution in [0.2, 0.25) is 15.2 Å². The van der Waals surface area contributed by atoms with E-state index in [1.807, 2.05) is 26.0 Å². The Balaban J connectivity index is 2.56. The number of pyridine rings is 1. The molecule has 24 heavy (non-hydrogen) atoms. The third kappa shape index (κ3) is 2.62. The molecule has 0 spiro atoms. The van der Waals surface area contributed by atoms with Gasteiger partial charge in [0.1, 0.15) is 5.39 Å². The molecule has 8 heteroatoms. The fraction of sp³-hybridized carbons (Fsp3) is 0.188. The lowest BCUT2D eigenvalue weighted by molar-refractivity contribution is 0.831. The Morgan fingerprint density at radius 1 is 1.08 bits per heavy atom. The quantitative estimate of drug-likeness (QED) is 0.675. The molecule has 0 aliphatic carbocycles. The Labute approximate surface area is 151 Å². The fourth-order valence-corrected chi connectivity index (χ4v) is 3.19. The molecule has 2 aromatic heterocycles. The van der Waals surface area contributed by atoms with Crippen molar-refractivity contribution in [1.29, 1.82) is 0 Å². The van der Waals surface area contributed by atoms with Crippen LogP contribution in [0.5, 0.6) is 0 Å². The first-order chi connectivity index (χ1) is 11.3. The fourth-order valence-electron chi connectivity index (χ4n) is 2.57. The second-order valence-electron chi connectivity index (χ2n) is 5.54. The molecule has 1 N–H and O–H groups in total. The van der Waals surface area contributed by atoms with Gasteiger partial charge < -0.3 is 0 Å². The highest BCUT2D eigenvalue weighted by Crippen LogP contribution is 2.33. The summed E-state index contributed by atoms with van der Waals surface area (Å²) in [6.07, 6.45) is 0. The van der Waals surface area contributed by atoms with Gasteiger partial charge in [-0.3, -0.25) is 9.78 Å². The zero-order valence-electron chi connectivity index (χ0n) is 12.7. The summed E-state index contributed by atoms with van der Waals surface area (Å²) in [7, 11) is 0. The Kier molecular flexibility index (Phi) is 4.42. The second kappa shape index (κ2) is 6.24. The van der Waals surface area contributed by atoms with E-state index < -0.39 is 11.2 Å². The summed E-state index contributed by atoms with van der Waals surface area (Å²) in [5.41, 5.74) is 0.292. The predicted molar refractivity (Wildman–Crippen MR) is 97.1 cm³/mol. The van der Waals surface area contributed by atoms with E-state index in [-0.39, 0.29) is 32.1 Å². The molecule has 0 saturated carbocycles.